The number of rotatable bonds is 3. The minimum Gasteiger partial charge on any atom is -0.364 e. The van der Waals surface area contributed by atoms with Crippen molar-refractivity contribution in [3.8, 4) is 0 Å². The maximum Gasteiger partial charge on any atom is 0.350 e. The fourth-order valence-corrected chi connectivity index (χ4v) is 3.09. The number of ether oxygens (including phenoxy) is 1. The van der Waals surface area contributed by atoms with Crippen LogP contribution < -0.4 is 0 Å². The van der Waals surface area contributed by atoms with Crippen LogP contribution in [-0.2, 0) is 9.30 Å². The lowest BCUT2D eigenvalue weighted by molar-refractivity contribution is 0.0476. The molecule has 0 spiro atoms. The van der Waals surface area contributed by atoms with Crippen molar-refractivity contribution < 1.29 is 19.1 Å². The Bertz CT molecular complexity index is 331. The highest BCUT2D eigenvalue weighted by atomic mass is 31.2. The molecule has 2 atom stereocenters. The number of hydrogen-bond acceptors (Lipinski definition) is 3. The standard InChI is InChI=1S/C13H28NO4P/c1-12(2,3)11-7-10(18-9-19(15,16)17)8-14(11)13(4,5)6/h10-11H,7-9H2,1-6H3,(H2,15,16,17). The first kappa shape index (κ1) is 17.1. The molecule has 6 heteroatoms. The Morgan fingerprint density at radius 1 is 1.21 bits per heavy atom. The van der Waals surface area contributed by atoms with Crippen LogP contribution in [0.5, 0.6) is 0 Å². The smallest absolute Gasteiger partial charge is 0.350 e. The first-order valence-corrected chi connectivity index (χ1v) is 8.53. The molecule has 1 saturated heterocycles. The molecular weight excluding hydrogens is 265 g/mol. The molecule has 0 aliphatic carbocycles. The van der Waals surface area contributed by atoms with Crippen molar-refractivity contribution in [2.24, 2.45) is 5.41 Å². The van der Waals surface area contributed by atoms with E-state index in [1.54, 1.807) is 0 Å². The van der Waals surface area contributed by atoms with Gasteiger partial charge in [-0.2, -0.15) is 0 Å². The minimum absolute atomic E-state index is 0.0260. The molecule has 0 aromatic carbocycles. The second kappa shape index (κ2) is 5.45. The lowest BCUT2D eigenvalue weighted by Gasteiger charge is -2.42. The molecule has 0 aromatic heterocycles. The van der Waals surface area contributed by atoms with Crippen molar-refractivity contribution in [2.75, 3.05) is 12.9 Å². The topological polar surface area (TPSA) is 70.0 Å². The van der Waals surface area contributed by atoms with Crippen molar-refractivity contribution in [1.82, 2.24) is 4.90 Å². The molecule has 0 radical (unpaired) electrons. The van der Waals surface area contributed by atoms with Gasteiger partial charge in [0.1, 0.15) is 6.35 Å². The zero-order valence-corrected chi connectivity index (χ0v) is 13.8. The zero-order valence-electron chi connectivity index (χ0n) is 12.9. The molecule has 1 heterocycles. The first-order chi connectivity index (χ1) is 8.31. The largest absolute Gasteiger partial charge is 0.364 e. The van der Waals surface area contributed by atoms with Crippen molar-refractivity contribution in [3.63, 3.8) is 0 Å². The number of hydrogen-bond donors (Lipinski definition) is 2. The van der Waals surface area contributed by atoms with Crippen molar-refractivity contribution in [2.45, 2.75) is 65.6 Å². The van der Waals surface area contributed by atoms with Crippen LogP contribution in [0.4, 0.5) is 0 Å². The van der Waals surface area contributed by atoms with Crippen LogP contribution in [0.1, 0.15) is 48.0 Å². The summed E-state index contributed by atoms with van der Waals surface area (Å²) in [6.45, 7) is 13.8. The van der Waals surface area contributed by atoms with Gasteiger partial charge in [0.05, 0.1) is 6.10 Å². The summed E-state index contributed by atoms with van der Waals surface area (Å²) in [7, 11) is -4.08. The monoisotopic (exact) mass is 293 g/mol. The Hall–Kier alpha value is 0.0700. The lowest BCUT2D eigenvalue weighted by Crippen LogP contribution is -2.49. The maximum atomic E-state index is 10.9. The summed E-state index contributed by atoms with van der Waals surface area (Å²) < 4.78 is 16.3. The van der Waals surface area contributed by atoms with Crippen LogP contribution in [-0.4, -0.2) is 45.3 Å². The number of likely N-dealkylation sites (tertiary alicyclic amines) is 1. The predicted octanol–water partition coefficient (Wildman–Crippen LogP) is 2.43. The maximum absolute atomic E-state index is 10.9. The predicted molar refractivity (Wildman–Crippen MR) is 76.1 cm³/mol. The molecular formula is C13H28NO4P. The van der Waals surface area contributed by atoms with E-state index in [4.69, 9.17) is 14.5 Å². The van der Waals surface area contributed by atoms with E-state index < -0.39 is 13.9 Å². The van der Waals surface area contributed by atoms with Gasteiger partial charge in [0.2, 0.25) is 0 Å². The van der Waals surface area contributed by atoms with Gasteiger partial charge in [-0.25, -0.2) is 0 Å². The Labute approximate surface area is 116 Å². The summed E-state index contributed by atoms with van der Waals surface area (Å²) in [5, 5.41) is 0. The Morgan fingerprint density at radius 3 is 2.05 bits per heavy atom. The van der Waals surface area contributed by atoms with E-state index in [2.05, 4.69) is 46.4 Å². The van der Waals surface area contributed by atoms with Crippen LogP contribution in [0.2, 0.25) is 0 Å². The SMILES string of the molecule is CC(C)(C)C1CC(OCP(=O)(O)O)CN1C(C)(C)C. The van der Waals surface area contributed by atoms with Crippen molar-refractivity contribution >= 4 is 7.60 Å². The highest BCUT2D eigenvalue weighted by Crippen LogP contribution is 2.40. The van der Waals surface area contributed by atoms with Gasteiger partial charge in [0, 0.05) is 18.1 Å². The first-order valence-electron chi connectivity index (χ1n) is 6.73. The lowest BCUT2D eigenvalue weighted by atomic mass is 9.83. The normalized spacial score (nSPS) is 26.9. The van der Waals surface area contributed by atoms with Crippen molar-refractivity contribution in [1.29, 1.82) is 0 Å². The summed E-state index contributed by atoms with van der Waals surface area (Å²) in [5.41, 5.74) is 0.145. The van der Waals surface area contributed by atoms with E-state index in [1.165, 1.54) is 0 Å². The highest BCUT2D eigenvalue weighted by Gasteiger charge is 2.44. The molecule has 0 aromatic rings. The van der Waals surface area contributed by atoms with Gasteiger partial charge < -0.3 is 14.5 Å². The summed E-state index contributed by atoms with van der Waals surface area (Å²) >= 11 is 0. The third kappa shape index (κ3) is 5.16. The molecule has 1 fully saturated rings. The number of nitrogens with zero attached hydrogens (tertiary/aromatic N) is 1. The second-order valence-electron chi connectivity index (χ2n) is 7.52. The molecule has 1 aliphatic heterocycles. The van der Waals surface area contributed by atoms with Crippen LogP contribution >= 0.6 is 7.60 Å². The van der Waals surface area contributed by atoms with E-state index in [-0.39, 0.29) is 17.1 Å². The van der Waals surface area contributed by atoms with E-state index in [9.17, 15) is 4.57 Å². The fraction of sp³-hybridized carbons (Fsp3) is 1.00. The fourth-order valence-electron chi connectivity index (χ4n) is 2.68. The van der Waals surface area contributed by atoms with Crippen LogP contribution in [0.25, 0.3) is 0 Å². The summed E-state index contributed by atoms with van der Waals surface area (Å²) in [5.74, 6) is 0. The molecule has 0 saturated carbocycles. The highest BCUT2D eigenvalue weighted by molar-refractivity contribution is 7.51. The zero-order chi connectivity index (χ0) is 15.1. The Morgan fingerprint density at radius 2 is 1.74 bits per heavy atom. The molecule has 0 amide bonds. The van der Waals surface area contributed by atoms with Crippen LogP contribution in [0.15, 0.2) is 0 Å². The van der Waals surface area contributed by atoms with Gasteiger partial charge >= 0.3 is 7.60 Å². The van der Waals surface area contributed by atoms with Gasteiger partial charge in [0.15, 0.2) is 0 Å². The third-order valence-electron chi connectivity index (χ3n) is 3.60. The van der Waals surface area contributed by atoms with Gasteiger partial charge in [-0.15, -0.1) is 0 Å². The Balaban J connectivity index is 2.75. The van der Waals surface area contributed by atoms with E-state index in [0.29, 0.717) is 6.04 Å². The van der Waals surface area contributed by atoms with E-state index in [0.717, 1.165) is 13.0 Å². The van der Waals surface area contributed by atoms with Crippen LogP contribution in [0, 0.1) is 5.41 Å². The van der Waals surface area contributed by atoms with Crippen LogP contribution in [0.3, 0.4) is 0 Å². The average molecular weight is 293 g/mol. The molecule has 2 unspecified atom stereocenters. The molecule has 0 bridgehead atoms. The summed E-state index contributed by atoms with van der Waals surface area (Å²) in [4.78, 5) is 20.2. The second-order valence-corrected chi connectivity index (χ2v) is 9.11. The molecule has 1 rings (SSSR count). The average Bonchev–Trinajstić information content (AvgIpc) is 2.55. The third-order valence-corrected chi connectivity index (χ3v) is 4.09. The van der Waals surface area contributed by atoms with Gasteiger partial charge in [-0.1, -0.05) is 20.8 Å². The van der Waals surface area contributed by atoms with Gasteiger partial charge in [-0.05, 0) is 32.6 Å². The molecule has 114 valence electrons. The summed E-state index contributed by atoms with van der Waals surface area (Å²) in [6.07, 6.45) is 0.240. The van der Waals surface area contributed by atoms with E-state index in [1.807, 2.05) is 0 Å². The minimum atomic E-state index is -4.08. The van der Waals surface area contributed by atoms with E-state index >= 15 is 0 Å². The summed E-state index contributed by atoms with van der Waals surface area (Å²) in [6, 6.07) is 0.356. The Kier molecular flexibility index (Phi) is 4.92. The van der Waals surface area contributed by atoms with Gasteiger partial charge in [0.25, 0.3) is 0 Å². The van der Waals surface area contributed by atoms with Gasteiger partial charge in [-0.3, -0.25) is 9.46 Å². The quantitative estimate of drug-likeness (QED) is 0.782. The molecule has 19 heavy (non-hydrogen) atoms. The molecule has 2 N–H and O–H groups in total. The molecule has 5 nitrogen and oxygen atoms in total. The van der Waals surface area contributed by atoms with Crippen molar-refractivity contribution in [3.05, 3.63) is 0 Å². The molecule has 1 aliphatic rings.